The molecule has 2 aromatic rings. The predicted molar refractivity (Wildman–Crippen MR) is 83.1 cm³/mol. The molecule has 0 heterocycles. The highest BCUT2D eigenvalue weighted by atomic mass is 16.4. The van der Waals surface area contributed by atoms with Gasteiger partial charge in [-0.15, -0.1) is 0 Å². The molecule has 112 valence electrons. The minimum absolute atomic E-state index is 0.183. The van der Waals surface area contributed by atoms with E-state index in [0.29, 0.717) is 16.8 Å². The van der Waals surface area contributed by atoms with Crippen molar-refractivity contribution in [2.45, 2.75) is 12.8 Å². The fraction of sp³-hybridized carbons (Fsp3) is 0.118. The van der Waals surface area contributed by atoms with E-state index in [0.717, 1.165) is 0 Å². The molecule has 2 rings (SSSR count). The zero-order valence-corrected chi connectivity index (χ0v) is 11.9. The topological polar surface area (TPSA) is 87.0 Å². The van der Waals surface area contributed by atoms with Crippen molar-refractivity contribution in [3.05, 3.63) is 65.2 Å². The number of aromatic carboxylic acids is 1. The molecule has 2 aromatic carbocycles. The first kappa shape index (κ1) is 15.4. The van der Waals surface area contributed by atoms with Crippen LogP contribution < -0.4 is 0 Å². The van der Waals surface area contributed by atoms with E-state index in [4.69, 9.17) is 10.2 Å². The van der Waals surface area contributed by atoms with Crippen molar-refractivity contribution in [3.8, 4) is 0 Å². The molecule has 1 atom stereocenters. The van der Waals surface area contributed by atoms with Gasteiger partial charge < -0.3 is 10.2 Å². The van der Waals surface area contributed by atoms with Gasteiger partial charge in [0.25, 0.3) is 0 Å². The van der Waals surface area contributed by atoms with Crippen molar-refractivity contribution >= 4 is 23.8 Å². The van der Waals surface area contributed by atoms with Crippen molar-refractivity contribution in [3.63, 3.8) is 0 Å². The zero-order chi connectivity index (χ0) is 16.1. The molecule has 0 saturated heterocycles. The molecule has 0 spiro atoms. The number of aliphatic carboxylic acids is 1. The van der Waals surface area contributed by atoms with E-state index < -0.39 is 17.9 Å². The second-order valence-electron chi connectivity index (χ2n) is 4.80. The summed E-state index contributed by atoms with van der Waals surface area (Å²) in [5.74, 6) is -2.47. The molecule has 0 aromatic heterocycles. The summed E-state index contributed by atoms with van der Waals surface area (Å²) in [6, 6.07) is 13.4. The number of nitrogens with zero attached hydrogens (tertiary/aromatic N) is 1. The SMILES string of the molecule is CC(C(=O)O)c1ccc(N=Cc2ccccc2C(=O)O)cc1. The summed E-state index contributed by atoms with van der Waals surface area (Å²) in [6.45, 7) is 1.61. The number of carboxylic acid groups (broad SMARTS) is 2. The molecule has 0 saturated carbocycles. The summed E-state index contributed by atoms with van der Waals surface area (Å²) in [6.07, 6.45) is 1.49. The van der Waals surface area contributed by atoms with Gasteiger partial charge in [-0.25, -0.2) is 4.79 Å². The lowest BCUT2D eigenvalue weighted by atomic mass is 10.0. The van der Waals surface area contributed by atoms with Crippen LogP contribution in [0.3, 0.4) is 0 Å². The maximum absolute atomic E-state index is 11.1. The number of hydrogen-bond donors (Lipinski definition) is 2. The average Bonchev–Trinajstić information content (AvgIpc) is 2.52. The largest absolute Gasteiger partial charge is 0.481 e. The van der Waals surface area contributed by atoms with Gasteiger partial charge in [0.2, 0.25) is 0 Å². The number of hydrogen-bond acceptors (Lipinski definition) is 3. The molecular weight excluding hydrogens is 282 g/mol. The number of rotatable bonds is 5. The summed E-state index contributed by atoms with van der Waals surface area (Å²) in [5.41, 5.74) is 2.01. The second kappa shape index (κ2) is 6.67. The Labute approximate surface area is 127 Å². The first-order valence-corrected chi connectivity index (χ1v) is 6.68. The van der Waals surface area contributed by atoms with Crippen LogP contribution in [0.15, 0.2) is 53.5 Å². The minimum Gasteiger partial charge on any atom is -0.481 e. The molecule has 1 unspecified atom stereocenters. The average molecular weight is 297 g/mol. The van der Waals surface area contributed by atoms with Crippen LogP contribution in [0.2, 0.25) is 0 Å². The molecule has 5 nitrogen and oxygen atoms in total. The van der Waals surface area contributed by atoms with Crippen LogP contribution in [0.25, 0.3) is 0 Å². The van der Waals surface area contributed by atoms with Crippen molar-refractivity contribution in [1.82, 2.24) is 0 Å². The van der Waals surface area contributed by atoms with Gasteiger partial charge in [-0.3, -0.25) is 9.79 Å². The number of aliphatic imine (C=N–C) groups is 1. The second-order valence-corrected chi connectivity index (χ2v) is 4.80. The van der Waals surface area contributed by atoms with Crippen molar-refractivity contribution in [2.75, 3.05) is 0 Å². The fourth-order valence-corrected chi connectivity index (χ4v) is 1.94. The minimum atomic E-state index is -1.01. The van der Waals surface area contributed by atoms with E-state index in [9.17, 15) is 9.59 Å². The lowest BCUT2D eigenvalue weighted by Gasteiger charge is -2.06. The van der Waals surface area contributed by atoms with Crippen LogP contribution in [0.5, 0.6) is 0 Å². The maximum Gasteiger partial charge on any atom is 0.336 e. The van der Waals surface area contributed by atoms with Gasteiger partial charge >= 0.3 is 11.9 Å². The van der Waals surface area contributed by atoms with Crippen LogP contribution in [-0.4, -0.2) is 28.4 Å². The smallest absolute Gasteiger partial charge is 0.336 e. The molecule has 0 radical (unpaired) electrons. The summed E-state index contributed by atoms with van der Waals surface area (Å²) in [5, 5.41) is 18.0. The van der Waals surface area contributed by atoms with E-state index in [2.05, 4.69) is 4.99 Å². The Balaban J connectivity index is 2.21. The lowest BCUT2D eigenvalue weighted by Crippen LogP contribution is -2.06. The maximum atomic E-state index is 11.1. The zero-order valence-electron chi connectivity index (χ0n) is 11.9. The summed E-state index contributed by atoms with van der Waals surface area (Å²) in [4.78, 5) is 26.2. The van der Waals surface area contributed by atoms with E-state index in [1.165, 1.54) is 12.3 Å². The van der Waals surface area contributed by atoms with Gasteiger partial charge in [0.1, 0.15) is 0 Å². The number of carbonyl (C=O) groups is 2. The Morgan fingerprint density at radius 3 is 2.27 bits per heavy atom. The highest BCUT2D eigenvalue weighted by Crippen LogP contribution is 2.20. The first-order chi connectivity index (χ1) is 10.5. The summed E-state index contributed by atoms with van der Waals surface area (Å²) in [7, 11) is 0. The molecule has 0 aliphatic heterocycles. The van der Waals surface area contributed by atoms with Gasteiger partial charge in [-0.05, 0) is 30.7 Å². The Hall–Kier alpha value is -2.95. The van der Waals surface area contributed by atoms with Crippen LogP contribution in [0, 0.1) is 0 Å². The number of carboxylic acids is 2. The van der Waals surface area contributed by atoms with Gasteiger partial charge in [0.15, 0.2) is 0 Å². The highest BCUT2D eigenvalue weighted by Gasteiger charge is 2.12. The van der Waals surface area contributed by atoms with Gasteiger partial charge in [0, 0.05) is 11.8 Å². The van der Waals surface area contributed by atoms with E-state index in [-0.39, 0.29) is 5.56 Å². The first-order valence-electron chi connectivity index (χ1n) is 6.68. The third kappa shape index (κ3) is 3.58. The Kier molecular flexibility index (Phi) is 4.68. The third-order valence-electron chi connectivity index (χ3n) is 3.31. The van der Waals surface area contributed by atoms with E-state index >= 15 is 0 Å². The van der Waals surface area contributed by atoms with Crippen LogP contribution in [0.4, 0.5) is 5.69 Å². The van der Waals surface area contributed by atoms with Crippen LogP contribution in [0.1, 0.15) is 34.3 Å². The Morgan fingerprint density at radius 2 is 1.68 bits per heavy atom. The Morgan fingerprint density at radius 1 is 1.05 bits per heavy atom. The van der Waals surface area contributed by atoms with E-state index in [1.807, 2.05) is 0 Å². The van der Waals surface area contributed by atoms with Crippen molar-refractivity contribution < 1.29 is 19.8 Å². The monoisotopic (exact) mass is 297 g/mol. The van der Waals surface area contributed by atoms with Gasteiger partial charge in [0.05, 0.1) is 17.2 Å². The van der Waals surface area contributed by atoms with Crippen LogP contribution in [-0.2, 0) is 4.79 Å². The molecule has 0 aliphatic carbocycles. The summed E-state index contributed by atoms with van der Waals surface area (Å²) >= 11 is 0. The highest BCUT2D eigenvalue weighted by molar-refractivity contribution is 5.98. The van der Waals surface area contributed by atoms with Crippen molar-refractivity contribution in [1.29, 1.82) is 0 Å². The normalized spacial score (nSPS) is 12.2. The lowest BCUT2D eigenvalue weighted by molar-refractivity contribution is -0.138. The fourth-order valence-electron chi connectivity index (χ4n) is 1.94. The molecule has 0 bridgehead atoms. The molecule has 0 amide bonds. The van der Waals surface area contributed by atoms with Gasteiger partial charge in [-0.2, -0.15) is 0 Å². The standard InChI is InChI=1S/C17H15NO4/c1-11(16(19)20)12-6-8-14(9-7-12)18-10-13-4-2-3-5-15(13)17(21)22/h2-11H,1H3,(H,19,20)(H,21,22). The number of benzene rings is 2. The third-order valence-corrected chi connectivity index (χ3v) is 3.31. The Bertz CT molecular complexity index is 720. The molecular formula is C17H15NO4. The molecule has 0 fully saturated rings. The molecule has 22 heavy (non-hydrogen) atoms. The van der Waals surface area contributed by atoms with Crippen molar-refractivity contribution in [2.24, 2.45) is 4.99 Å². The predicted octanol–water partition coefficient (Wildman–Crippen LogP) is 3.32. The summed E-state index contributed by atoms with van der Waals surface area (Å²) < 4.78 is 0. The molecule has 0 aliphatic rings. The van der Waals surface area contributed by atoms with Gasteiger partial charge in [-0.1, -0.05) is 30.3 Å². The van der Waals surface area contributed by atoms with E-state index in [1.54, 1.807) is 49.4 Å². The molecule has 5 heteroatoms. The quantitative estimate of drug-likeness (QED) is 0.829. The molecule has 2 N–H and O–H groups in total. The van der Waals surface area contributed by atoms with Crippen LogP contribution >= 0.6 is 0 Å².